The zero-order valence-corrected chi connectivity index (χ0v) is 13.3. The van der Waals surface area contributed by atoms with Gasteiger partial charge in [-0.15, -0.1) is 0 Å². The molecule has 3 heteroatoms. The monoisotopic (exact) mass is 293 g/mol. The Morgan fingerprint density at radius 1 is 1.05 bits per heavy atom. The maximum atomic E-state index is 12.8. The Hall–Kier alpha value is -2.55. The van der Waals surface area contributed by atoms with Crippen LogP contribution in [0.5, 0.6) is 5.75 Å². The van der Waals surface area contributed by atoms with Crippen molar-refractivity contribution in [2.24, 2.45) is 7.05 Å². The molecule has 0 aliphatic heterocycles. The van der Waals surface area contributed by atoms with E-state index in [0.717, 1.165) is 38.9 Å². The van der Waals surface area contributed by atoms with Crippen LogP contribution >= 0.6 is 0 Å². The number of hydrogen-bond acceptors (Lipinski definition) is 2. The lowest BCUT2D eigenvalue weighted by Crippen LogP contribution is -2.21. The SMILES string of the molecule is COc1cc(C)cc2c1c(C)c(-c1ccccc1)c(=O)n2C. The number of pyridine rings is 1. The smallest absolute Gasteiger partial charge is 0.258 e. The van der Waals surface area contributed by atoms with Gasteiger partial charge in [0.2, 0.25) is 0 Å². The highest BCUT2D eigenvalue weighted by Gasteiger charge is 2.17. The Kier molecular flexibility index (Phi) is 3.49. The molecule has 0 radical (unpaired) electrons. The first kappa shape index (κ1) is 14.4. The largest absolute Gasteiger partial charge is 0.496 e. The van der Waals surface area contributed by atoms with Crippen molar-refractivity contribution in [2.75, 3.05) is 7.11 Å². The summed E-state index contributed by atoms with van der Waals surface area (Å²) >= 11 is 0. The van der Waals surface area contributed by atoms with Crippen LogP contribution in [-0.4, -0.2) is 11.7 Å². The lowest BCUT2D eigenvalue weighted by Gasteiger charge is -2.16. The average molecular weight is 293 g/mol. The summed E-state index contributed by atoms with van der Waals surface area (Å²) < 4.78 is 7.27. The summed E-state index contributed by atoms with van der Waals surface area (Å²) in [7, 11) is 3.48. The topological polar surface area (TPSA) is 31.2 Å². The van der Waals surface area contributed by atoms with Gasteiger partial charge < -0.3 is 9.30 Å². The van der Waals surface area contributed by atoms with Gasteiger partial charge in [0.05, 0.1) is 18.2 Å². The second-order valence-corrected chi connectivity index (χ2v) is 5.59. The third-order valence-electron chi connectivity index (χ3n) is 4.14. The normalized spacial score (nSPS) is 10.9. The Morgan fingerprint density at radius 3 is 2.36 bits per heavy atom. The fraction of sp³-hybridized carbons (Fsp3) is 0.211. The summed E-state index contributed by atoms with van der Waals surface area (Å²) in [6, 6.07) is 13.8. The Balaban J connectivity index is 2.52. The molecule has 22 heavy (non-hydrogen) atoms. The molecule has 0 spiro atoms. The first-order valence-corrected chi connectivity index (χ1v) is 7.28. The number of aromatic nitrogens is 1. The van der Waals surface area contributed by atoms with E-state index in [1.165, 1.54) is 0 Å². The summed E-state index contributed by atoms with van der Waals surface area (Å²) in [5.41, 5.74) is 4.62. The van der Waals surface area contributed by atoms with E-state index in [2.05, 4.69) is 0 Å². The van der Waals surface area contributed by atoms with Gasteiger partial charge in [-0.05, 0) is 42.7 Å². The second kappa shape index (κ2) is 5.34. The van der Waals surface area contributed by atoms with Gasteiger partial charge in [0.25, 0.3) is 5.56 Å². The van der Waals surface area contributed by atoms with Crippen LogP contribution in [0.25, 0.3) is 22.0 Å². The number of aryl methyl sites for hydroxylation is 3. The summed E-state index contributed by atoms with van der Waals surface area (Å²) in [6.07, 6.45) is 0. The van der Waals surface area contributed by atoms with Crippen LogP contribution in [0.1, 0.15) is 11.1 Å². The molecule has 1 heterocycles. The average Bonchev–Trinajstić information content (AvgIpc) is 2.53. The molecule has 0 atom stereocenters. The minimum absolute atomic E-state index is 0.0175. The van der Waals surface area contributed by atoms with E-state index in [4.69, 9.17) is 4.74 Å². The van der Waals surface area contributed by atoms with E-state index < -0.39 is 0 Å². The van der Waals surface area contributed by atoms with Crippen LogP contribution < -0.4 is 10.3 Å². The third-order valence-corrected chi connectivity index (χ3v) is 4.14. The summed E-state index contributed by atoms with van der Waals surface area (Å²) in [5.74, 6) is 0.806. The lowest BCUT2D eigenvalue weighted by atomic mass is 9.97. The predicted molar refractivity (Wildman–Crippen MR) is 90.7 cm³/mol. The van der Waals surface area contributed by atoms with Crippen molar-refractivity contribution in [3.63, 3.8) is 0 Å². The van der Waals surface area contributed by atoms with Crippen LogP contribution in [-0.2, 0) is 7.05 Å². The third kappa shape index (κ3) is 2.10. The van der Waals surface area contributed by atoms with Gasteiger partial charge in [-0.3, -0.25) is 4.79 Å². The van der Waals surface area contributed by atoms with Crippen molar-refractivity contribution in [3.05, 3.63) is 63.9 Å². The molecule has 1 aromatic heterocycles. The molecule has 0 aliphatic carbocycles. The van der Waals surface area contributed by atoms with E-state index in [0.29, 0.717) is 0 Å². The van der Waals surface area contributed by atoms with E-state index in [-0.39, 0.29) is 5.56 Å². The molecule has 0 fully saturated rings. The molecule has 0 saturated carbocycles. The van der Waals surface area contributed by atoms with Crippen LogP contribution in [0, 0.1) is 13.8 Å². The molecule has 2 aromatic carbocycles. The number of nitrogens with zero attached hydrogens (tertiary/aromatic N) is 1. The second-order valence-electron chi connectivity index (χ2n) is 5.59. The highest BCUT2D eigenvalue weighted by Crippen LogP contribution is 2.33. The summed E-state index contributed by atoms with van der Waals surface area (Å²) in [4.78, 5) is 12.8. The lowest BCUT2D eigenvalue weighted by molar-refractivity contribution is 0.419. The number of fused-ring (bicyclic) bond motifs is 1. The van der Waals surface area contributed by atoms with Crippen LogP contribution in [0.4, 0.5) is 0 Å². The maximum absolute atomic E-state index is 12.8. The Morgan fingerprint density at radius 2 is 1.73 bits per heavy atom. The van der Waals surface area contributed by atoms with Crippen molar-refractivity contribution in [2.45, 2.75) is 13.8 Å². The van der Waals surface area contributed by atoms with Crippen LogP contribution in [0.2, 0.25) is 0 Å². The van der Waals surface area contributed by atoms with Crippen LogP contribution in [0.3, 0.4) is 0 Å². The van der Waals surface area contributed by atoms with Crippen molar-refractivity contribution in [1.29, 1.82) is 0 Å². The molecule has 0 aliphatic rings. The van der Waals surface area contributed by atoms with Gasteiger partial charge in [0, 0.05) is 12.4 Å². The summed E-state index contributed by atoms with van der Waals surface area (Å²) in [6.45, 7) is 4.00. The van der Waals surface area contributed by atoms with E-state index >= 15 is 0 Å². The fourth-order valence-electron chi connectivity index (χ4n) is 3.04. The quantitative estimate of drug-likeness (QED) is 0.719. The van der Waals surface area contributed by atoms with Crippen LogP contribution in [0.15, 0.2) is 47.3 Å². The minimum atomic E-state index is 0.0175. The Labute approximate surface area is 129 Å². The molecule has 3 rings (SSSR count). The van der Waals surface area contributed by atoms with E-state index in [1.807, 2.05) is 63.4 Å². The van der Waals surface area contributed by atoms with Gasteiger partial charge in [-0.25, -0.2) is 0 Å². The maximum Gasteiger partial charge on any atom is 0.258 e. The van der Waals surface area contributed by atoms with Crippen molar-refractivity contribution >= 4 is 10.9 Å². The van der Waals surface area contributed by atoms with Gasteiger partial charge in [0.15, 0.2) is 0 Å². The molecule has 0 saturated heterocycles. The highest BCUT2D eigenvalue weighted by molar-refractivity contribution is 5.94. The van der Waals surface area contributed by atoms with E-state index in [9.17, 15) is 4.79 Å². The molecule has 3 aromatic rings. The molecule has 112 valence electrons. The number of methoxy groups -OCH3 is 1. The molecule has 0 amide bonds. The predicted octanol–water partition coefficient (Wildman–Crippen LogP) is 3.83. The van der Waals surface area contributed by atoms with Gasteiger partial charge in [0.1, 0.15) is 5.75 Å². The van der Waals surface area contributed by atoms with E-state index in [1.54, 1.807) is 11.7 Å². The van der Waals surface area contributed by atoms with Crippen molar-refractivity contribution in [1.82, 2.24) is 4.57 Å². The number of benzene rings is 2. The Bertz CT molecular complexity index is 908. The first-order valence-electron chi connectivity index (χ1n) is 7.28. The number of ether oxygens (including phenoxy) is 1. The standard InChI is InChI=1S/C19H19NO2/c1-12-10-15-18(16(11-12)22-4)13(2)17(19(21)20(15)3)14-8-6-5-7-9-14/h5-11H,1-4H3. The molecule has 3 nitrogen and oxygen atoms in total. The molecular weight excluding hydrogens is 274 g/mol. The van der Waals surface area contributed by atoms with Gasteiger partial charge in [-0.1, -0.05) is 30.3 Å². The molecular formula is C19H19NO2. The fourth-order valence-corrected chi connectivity index (χ4v) is 3.04. The van der Waals surface area contributed by atoms with Crippen molar-refractivity contribution in [3.8, 4) is 16.9 Å². The minimum Gasteiger partial charge on any atom is -0.496 e. The molecule has 0 bridgehead atoms. The van der Waals surface area contributed by atoms with Crippen molar-refractivity contribution < 1.29 is 4.74 Å². The zero-order chi connectivity index (χ0) is 15.9. The zero-order valence-electron chi connectivity index (χ0n) is 13.3. The van der Waals surface area contributed by atoms with Gasteiger partial charge >= 0.3 is 0 Å². The number of hydrogen-bond donors (Lipinski definition) is 0. The first-order chi connectivity index (χ1) is 10.5. The molecule has 0 unspecified atom stereocenters. The summed E-state index contributed by atoms with van der Waals surface area (Å²) in [5, 5.41) is 0.994. The molecule has 0 N–H and O–H groups in total. The number of rotatable bonds is 2. The highest BCUT2D eigenvalue weighted by atomic mass is 16.5. The van der Waals surface area contributed by atoms with Gasteiger partial charge in [-0.2, -0.15) is 0 Å².